The van der Waals surface area contributed by atoms with Crippen molar-refractivity contribution >= 4 is 12.0 Å². The minimum atomic E-state index is -0.725. The van der Waals surface area contributed by atoms with E-state index in [1.807, 2.05) is 6.20 Å². The van der Waals surface area contributed by atoms with E-state index in [0.717, 1.165) is 37.8 Å². The van der Waals surface area contributed by atoms with Crippen molar-refractivity contribution in [3.63, 3.8) is 0 Å². The molecule has 0 spiro atoms. The monoisotopic (exact) mass is 306 g/mol. The Bertz CT molecular complexity index is 549. The van der Waals surface area contributed by atoms with Gasteiger partial charge in [0.25, 0.3) is 0 Å². The number of rotatable bonds is 3. The molecule has 2 aliphatic rings. The maximum atomic E-state index is 12.2. The highest BCUT2D eigenvalue weighted by Gasteiger charge is 2.28. The molecule has 0 saturated heterocycles. The first-order valence-corrected chi connectivity index (χ1v) is 7.95. The lowest BCUT2D eigenvalue weighted by Gasteiger charge is -2.28. The number of carbonyl (C=O) groups is 2. The molecule has 0 radical (unpaired) electrons. The molecule has 7 nitrogen and oxygen atoms in total. The van der Waals surface area contributed by atoms with Crippen molar-refractivity contribution in [3.05, 3.63) is 17.5 Å². The van der Waals surface area contributed by atoms with Crippen molar-refractivity contribution in [3.8, 4) is 0 Å². The van der Waals surface area contributed by atoms with E-state index in [1.165, 1.54) is 5.56 Å². The summed E-state index contributed by atoms with van der Waals surface area (Å²) >= 11 is 0. The predicted octanol–water partition coefficient (Wildman–Crippen LogP) is 1.73. The number of aromatic nitrogens is 2. The Morgan fingerprint density at radius 2 is 1.95 bits per heavy atom. The fourth-order valence-corrected chi connectivity index (χ4v) is 3.48. The van der Waals surface area contributed by atoms with Crippen LogP contribution in [0.15, 0.2) is 6.20 Å². The van der Waals surface area contributed by atoms with Crippen LogP contribution in [0.2, 0.25) is 0 Å². The number of amides is 2. The lowest BCUT2D eigenvalue weighted by molar-refractivity contribution is -0.142. The van der Waals surface area contributed by atoms with Crippen LogP contribution in [0.5, 0.6) is 0 Å². The summed E-state index contributed by atoms with van der Waals surface area (Å²) in [5, 5.41) is 22.0. The lowest BCUT2D eigenvalue weighted by atomic mass is 9.86. The van der Waals surface area contributed by atoms with E-state index in [9.17, 15) is 9.59 Å². The number of hydrogen-bond donors (Lipinski definition) is 4. The molecule has 1 saturated carbocycles. The SMILES string of the molecule is O=C(NC1CCC(C(=O)O)CC1)NC1CCCc2cn[nH]c21. The summed E-state index contributed by atoms with van der Waals surface area (Å²) in [5.41, 5.74) is 2.19. The molecular formula is C15H22N4O3. The number of fused-ring (bicyclic) bond motifs is 1. The van der Waals surface area contributed by atoms with E-state index >= 15 is 0 Å². The van der Waals surface area contributed by atoms with Crippen molar-refractivity contribution in [1.29, 1.82) is 0 Å². The van der Waals surface area contributed by atoms with E-state index in [-0.39, 0.29) is 24.0 Å². The van der Waals surface area contributed by atoms with Gasteiger partial charge in [0.1, 0.15) is 0 Å². The second-order valence-corrected chi connectivity index (χ2v) is 6.26. The number of nitrogens with one attached hydrogen (secondary N) is 3. The maximum absolute atomic E-state index is 12.2. The molecule has 1 heterocycles. The lowest BCUT2D eigenvalue weighted by Crippen LogP contribution is -2.45. The molecule has 2 aliphatic carbocycles. The molecule has 0 bridgehead atoms. The van der Waals surface area contributed by atoms with Gasteiger partial charge in [0, 0.05) is 6.04 Å². The van der Waals surface area contributed by atoms with Gasteiger partial charge in [0.05, 0.1) is 23.9 Å². The van der Waals surface area contributed by atoms with Crippen LogP contribution in [-0.4, -0.2) is 33.3 Å². The summed E-state index contributed by atoms with van der Waals surface area (Å²) in [6.45, 7) is 0. The van der Waals surface area contributed by atoms with Crippen molar-refractivity contribution in [2.45, 2.75) is 57.0 Å². The Balaban J connectivity index is 1.49. The van der Waals surface area contributed by atoms with Crippen molar-refractivity contribution in [2.75, 3.05) is 0 Å². The van der Waals surface area contributed by atoms with Gasteiger partial charge in [-0.15, -0.1) is 0 Å². The van der Waals surface area contributed by atoms with Crippen LogP contribution in [-0.2, 0) is 11.2 Å². The molecular weight excluding hydrogens is 284 g/mol. The summed E-state index contributed by atoms with van der Waals surface area (Å²) < 4.78 is 0. The van der Waals surface area contributed by atoms with Crippen LogP contribution >= 0.6 is 0 Å². The number of carbonyl (C=O) groups excluding carboxylic acids is 1. The third-order valence-electron chi connectivity index (χ3n) is 4.76. The fourth-order valence-electron chi connectivity index (χ4n) is 3.48. The largest absolute Gasteiger partial charge is 0.481 e. The minimum absolute atomic E-state index is 0.0124. The highest BCUT2D eigenvalue weighted by Crippen LogP contribution is 2.28. The van der Waals surface area contributed by atoms with Gasteiger partial charge in [-0.1, -0.05) is 0 Å². The third-order valence-corrected chi connectivity index (χ3v) is 4.76. The zero-order chi connectivity index (χ0) is 15.5. The molecule has 1 aromatic rings. The molecule has 120 valence electrons. The molecule has 0 aromatic carbocycles. The molecule has 1 atom stereocenters. The average molecular weight is 306 g/mol. The second-order valence-electron chi connectivity index (χ2n) is 6.26. The number of aryl methyl sites for hydroxylation is 1. The van der Waals surface area contributed by atoms with E-state index in [1.54, 1.807) is 0 Å². The number of urea groups is 1. The van der Waals surface area contributed by atoms with E-state index in [0.29, 0.717) is 12.8 Å². The second kappa shape index (κ2) is 6.37. The summed E-state index contributed by atoms with van der Waals surface area (Å²) in [6, 6.07) is -0.117. The van der Waals surface area contributed by atoms with E-state index in [2.05, 4.69) is 20.8 Å². The number of carboxylic acid groups (broad SMARTS) is 1. The maximum Gasteiger partial charge on any atom is 0.315 e. The Labute approximate surface area is 128 Å². The first-order valence-electron chi connectivity index (χ1n) is 7.95. The summed E-state index contributed by atoms with van der Waals surface area (Å²) in [5.74, 6) is -0.983. The van der Waals surface area contributed by atoms with E-state index in [4.69, 9.17) is 5.11 Å². The predicted molar refractivity (Wildman–Crippen MR) is 79.3 cm³/mol. The molecule has 7 heteroatoms. The summed E-state index contributed by atoms with van der Waals surface area (Å²) in [4.78, 5) is 23.1. The molecule has 2 amide bonds. The molecule has 0 aliphatic heterocycles. The standard InChI is InChI=1S/C15H22N4O3/c20-14(21)9-4-6-11(7-5-9)17-15(22)18-12-3-1-2-10-8-16-19-13(10)12/h8-9,11-12H,1-7H2,(H,16,19)(H,20,21)(H2,17,18,22). The minimum Gasteiger partial charge on any atom is -0.481 e. The quantitative estimate of drug-likeness (QED) is 0.682. The van der Waals surface area contributed by atoms with Gasteiger partial charge in [-0.2, -0.15) is 5.10 Å². The highest BCUT2D eigenvalue weighted by atomic mass is 16.4. The summed E-state index contributed by atoms with van der Waals surface area (Å²) in [7, 11) is 0. The first-order chi connectivity index (χ1) is 10.6. The van der Waals surface area contributed by atoms with Crippen LogP contribution in [0.4, 0.5) is 4.79 Å². The van der Waals surface area contributed by atoms with Gasteiger partial charge in [0.15, 0.2) is 0 Å². The van der Waals surface area contributed by atoms with Crippen LogP contribution in [0.1, 0.15) is 55.8 Å². The fraction of sp³-hybridized carbons (Fsp3) is 0.667. The highest BCUT2D eigenvalue weighted by molar-refractivity contribution is 5.75. The van der Waals surface area contributed by atoms with Crippen molar-refractivity contribution in [1.82, 2.24) is 20.8 Å². The van der Waals surface area contributed by atoms with Crippen LogP contribution in [0, 0.1) is 5.92 Å². The average Bonchev–Trinajstić information content (AvgIpc) is 2.97. The Hall–Kier alpha value is -2.05. The zero-order valence-corrected chi connectivity index (χ0v) is 12.5. The van der Waals surface area contributed by atoms with Crippen molar-refractivity contribution < 1.29 is 14.7 Å². The van der Waals surface area contributed by atoms with Gasteiger partial charge >= 0.3 is 12.0 Å². The van der Waals surface area contributed by atoms with Gasteiger partial charge in [-0.25, -0.2) is 4.79 Å². The Morgan fingerprint density at radius 1 is 1.18 bits per heavy atom. The molecule has 22 heavy (non-hydrogen) atoms. The molecule has 1 fully saturated rings. The molecule has 1 unspecified atom stereocenters. The van der Waals surface area contributed by atoms with Crippen LogP contribution in [0.25, 0.3) is 0 Å². The number of nitrogens with zero attached hydrogens (tertiary/aromatic N) is 1. The van der Waals surface area contributed by atoms with Crippen LogP contribution in [0.3, 0.4) is 0 Å². The first kappa shape index (κ1) is 14.9. The Kier molecular flexibility index (Phi) is 4.31. The topological polar surface area (TPSA) is 107 Å². The smallest absolute Gasteiger partial charge is 0.315 e. The number of aromatic amines is 1. The Morgan fingerprint density at radius 3 is 2.68 bits per heavy atom. The number of aliphatic carboxylic acids is 1. The molecule has 4 N–H and O–H groups in total. The van der Waals surface area contributed by atoms with Gasteiger partial charge in [-0.3, -0.25) is 9.89 Å². The third kappa shape index (κ3) is 3.23. The normalized spacial score (nSPS) is 27.7. The number of H-pyrrole nitrogens is 1. The molecule has 1 aromatic heterocycles. The summed E-state index contributed by atoms with van der Waals surface area (Å²) in [6.07, 6.45) is 7.51. The van der Waals surface area contributed by atoms with E-state index < -0.39 is 5.97 Å². The van der Waals surface area contributed by atoms with Gasteiger partial charge < -0.3 is 15.7 Å². The number of carboxylic acids is 1. The van der Waals surface area contributed by atoms with Crippen molar-refractivity contribution in [2.24, 2.45) is 5.92 Å². The van der Waals surface area contributed by atoms with Gasteiger partial charge in [-0.05, 0) is 50.5 Å². The zero-order valence-electron chi connectivity index (χ0n) is 12.5. The van der Waals surface area contributed by atoms with Crippen LogP contribution < -0.4 is 10.6 Å². The van der Waals surface area contributed by atoms with Gasteiger partial charge in [0.2, 0.25) is 0 Å². The molecule has 3 rings (SSSR count). The number of hydrogen-bond acceptors (Lipinski definition) is 3.